The number of aliphatic hydroxyl groups is 1. The van der Waals surface area contributed by atoms with Crippen LogP contribution in [0.15, 0.2) is 0 Å². The molecule has 2 nitrogen and oxygen atoms in total. The third-order valence-corrected chi connectivity index (χ3v) is 4.22. The molecule has 0 aromatic heterocycles. The van der Waals surface area contributed by atoms with Crippen molar-refractivity contribution in [1.82, 2.24) is 0 Å². The number of rotatable bonds is 1. The molecule has 2 rings (SSSR count). The van der Waals surface area contributed by atoms with Crippen molar-refractivity contribution >= 4 is 0 Å². The zero-order chi connectivity index (χ0) is 9.97. The van der Waals surface area contributed by atoms with Crippen molar-refractivity contribution in [2.75, 3.05) is 0 Å². The van der Waals surface area contributed by atoms with E-state index in [9.17, 15) is 5.11 Å². The van der Waals surface area contributed by atoms with Gasteiger partial charge in [0.05, 0.1) is 6.10 Å². The third-order valence-electron chi connectivity index (χ3n) is 4.22. The van der Waals surface area contributed by atoms with Crippen molar-refractivity contribution in [3.05, 3.63) is 0 Å². The van der Waals surface area contributed by atoms with Gasteiger partial charge in [0.15, 0.2) is 0 Å². The van der Waals surface area contributed by atoms with E-state index in [2.05, 4.69) is 0 Å². The molecule has 0 spiro atoms. The van der Waals surface area contributed by atoms with Crippen LogP contribution in [0.5, 0.6) is 0 Å². The summed E-state index contributed by atoms with van der Waals surface area (Å²) in [6.07, 6.45) is 9.69. The Balaban J connectivity index is 1.78. The molecule has 14 heavy (non-hydrogen) atoms. The quantitative estimate of drug-likeness (QED) is 0.676. The molecule has 0 atom stereocenters. The van der Waals surface area contributed by atoms with Crippen molar-refractivity contribution in [2.45, 2.75) is 63.5 Å². The normalized spacial score (nSPS) is 45.0. The lowest BCUT2D eigenvalue weighted by molar-refractivity contribution is 0.0807. The van der Waals surface area contributed by atoms with Crippen LogP contribution in [0.3, 0.4) is 0 Å². The first-order chi connectivity index (χ1) is 6.75. The molecule has 82 valence electrons. The van der Waals surface area contributed by atoms with Gasteiger partial charge in [-0.1, -0.05) is 0 Å². The van der Waals surface area contributed by atoms with Crippen LogP contribution >= 0.6 is 0 Å². The van der Waals surface area contributed by atoms with Crippen LogP contribution in [0.1, 0.15) is 51.4 Å². The van der Waals surface area contributed by atoms with Gasteiger partial charge in [-0.05, 0) is 63.2 Å². The van der Waals surface area contributed by atoms with Crippen molar-refractivity contribution in [2.24, 2.45) is 17.6 Å². The predicted molar refractivity (Wildman–Crippen MR) is 57.9 cm³/mol. The SMILES string of the molecule is NC1CCC(C2CCC(O)CC2)CC1. The molecular formula is C12H23NO. The minimum Gasteiger partial charge on any atom is -0.393 e. The minimum atomic E-state index is -0.00269. The lowest BCUT2D eigenvalue weighted by Crippen LogP contribution is -2.31. The van der Waals surface area contributed by atoms with E-state index in [4.69, 9.17) is 5.73 Å². The van der Waals surface area contributed by atoms with Gasteiger partial charge in [0, 0.05) is 6.04 Å². The summed E-state index contributed by atoms with van der Waals surface area (Å²) in [5.41, 5.74) is 5.91. The van der Waals surface area contributed by atoms with Crippen LogP contribution in [-0.2, 0) is 0 Å². The first-order valence-corrected chi connectivity index (χ1v) is 6.19. The van der Waals surface area contributed by atoms with Gasteiger partial charge in [0.2, 0.25) is 0 Å². The van der Waals surface area contributed by atoms with Crippen LogP contribution in [-0.4, -0.2) is 17.3 Å². The Morgan fingerprint density at radius 2 is 1.14 bits per heavy atom. The van der Waals surface area contributed by atoms with Crippen LogP contribution < -0.4 is 5.73 Å². The van der Waals surface area contributed by atoms with E-state index >= 15 is 0 Å². The molecule has 2 aliphatic carbocycles. The molecule has 0 bridgehead atoms. The molecule has 2 heteroatoms. The predicted octanol–water partition coefficient (Wildman–Crippen LogP) is 2.05. The second kappa shape index (κ2) is 4.63. The Morgan fingerprint density at radius 1 is 0.714 bits per heavy atom. The summed E-state index contributed by atoms with van der Waals surface area (Å²) in [6, 6.07) is 0.473. The van der Waals surface area contributed by atoms with Gasteiger partial charge >= 0.3 is 0 Å². The van der Waals surface area contributed by atoms with E-state index in [-0.39, 0.29) is 6.10 Å². The van der Waals surface area contributed by atoms with E-state index in [1.54, 1.807) is 0 Å². The Hall–Kier alpha value is -0.0800. The highest BCUT2D eigenvalue weighted by Gasteiger charge is 2.29. The Bertz CT molecular complexity index is 147. The summed E-state index contributed by atoms with van der Waals surface area (Å²) < 4.78 is 0. The highest BCUT2D eigenvalue weighted by atomic mass is 16.3. The molecule has 2 saturated carbocycles. The second-order valence-electron chi connectivity index (χ2n) is 5.24. The van der Waals surface area contributed by atoms with E-state index in [0.717, 1.165) is 24.7 Å². The van der Waals surface area contributed by atoms with E-state index in [0.29, 0.717) is 6.04 Å². The van der Waals surface area contributed by atoms with Crippen LogP contribution in [0, 0.1) is 11.8 Å². The summed E-state index contributed by atoms with van der Waals surface area (Å²) in [5.74, 6) is 1.81. The molecule has 0 amide bonds. The molecule has 0 radical (unpaired) electrons. The molecule has 0 aromatic rings. The number of hydrogen-bond donors (Lipinski definition) is 2. The number of nitrogens with two attached hydrogens (primary N) is 1. The fourth-order valence-electron chi connectivity index (χ4n) is 3.19. The zero-order valence-corrected chi connectivity index (χ0v) is 8.99. The second-order valence-corrected chi connectivity index (χ2v) is 5.24. The van der Waals surface area contributed by atoms with E-state index in [1.165, 1.54) is 38.5 Å². The fraction of sp³-hybridized carbons (Fsp3) is 1.00. The Kier molecular flexibility index (Phi) is 3.45. The number of aliphatic hydroxyl groups excluding tert-OH is 1. The van der Waals surface area contributed by atoms with Crippen LogP contribution in [0.25, 0.3) is 0 Å². The molecule has 0 aliphatic heterocycles. The summed E-state index contributed by atoms with van der Waals surface area (Å²) in [7, 11) is 0. The van der Waals surface area contributed by atoms with Gasteiger partial charge in [-0.15, -0.1) is 0 Å². The first-order valence-electron chi connectivity index (χ1n) is 6.19. The highest BCUT2D eigenvalue weighted by molar-refractivity contribution is 4.82. The molecule has 3 N–H and O–H groups in total. The first kappa shape index (κ1) is 10.4. The average molecular weight is 197 g/mol. The summed E-state index contributed by atoms with van der Waals surface area (Å²) >= 11 is 0. The van der Waals surface area contributed by atoms with E-state index < -0.39 is 0 Å². The molecule has 2 fully saturated rings. The molecule has 0 heterocycles. The van der Waals surface area contributed by atoms with Gasteiger partial charge in [-0.2, -0.15) is 0 Å². The van der Waals surface area contributed by atoms with Gasteiger partial charge < -0.3 is 10.8 Å². The summed E-state index contributed by atoms with van der Waals surface area (Å²) in [6.45, 7) is 0. The lowest BCUT2D eigenvalue weighted by Gasteiger charge is -2.36. The third kappa shape index (κ3) is 2.48. The summed E-state index contributed by atoms with van der Waals surface area (Å²) in [4.78, 5) is 0. The average Bonchev–Trinajstić information content (AvgIpc) is 2.21. The van der Waals surface area contributed by atoms with Crippen molar-refractivity contribution in [1.29, 1.82) is 0 Å². The summed E-state index contributed by atoms with van der Waals surface area (Å²) in [5, 5.41) is 9.45. The number of hydrogen-bond acceptors (Lipinski definition) is 2. The van der Waals surface area contributed by atoms with Gasteiger partial charge in [-0.25, -0.2) is 0 Å². The maximum atomic E-state index is 9.45. The van der Waals surface area contributed by atoms with Crippen molar-refractivity contribution in [3.8, 4) is 0 Å². The topological polar surface area (TPSA) is 46.2 Å². The molecule has 0 unspecified atom stereocenters. The largest absolute Gasteiger partial charge is 0.393 e. The molecule has 0 saturated heterocycles. The van der Waals surface area contributed by atoms with Crippen LogP contribution in [0.2, 0.25) is 0 Å². The Morgan fingerprint density at radius 3 is 1.64 bits per heavy atom. The lowest BCUT2D eigenvalue weighted by atomic mass is 9.72. The highest BCUT2D eigenvalue weighted by Crippen LogP contribution is 2.37. The standard InChI is InChI=1S/C12H23NO/c13-11-5-1-9(2-6-11)10-3-7-12(14)8-4-10/h9-12,14H,1-8,13H2. The van der Waals surface area contributed by atoms with Gasteiger partial charge in [0.1, 0.15) is 0 Å². The van der Waals surface area contributed by atoms with Crippen LogP contribution in [0.4, 0.5) is 0 Å². The maximum Gasteiger partial charge on any atom is 0.0540 e. The van der Waals surface area contributed by atoms with Crippen molar-refractivity contribution in [3.63, 3.8) is 0 Å². The van der Waals surface area contributed by atoms with Crippen molar-refractivity contribution < 1.29 is 5.11 Å². The molecular weight excluding hydrogens is 174 g/mol. The van der Waals surface area contributed by atoms with Gasteiger partial charge in [-0.3, -0.25) is 0 Å². The molecule has 2 aliphatic rings. The fourth-order valence-corrected chi connectivity index (χ4v) is 3.19. The maximum absolute atomic E-state index is 9.45. The van der Waals surface area contributed by atoms with Gasteiger partial charge in [0.25, 0.3) is 0 Å². The minimum absolute atomic E-state index is 0.00269. The smallest absolute Gasteiger partial charge is 0.0540 e. The Labute approximate surface area is 86.9 Å². The molecule has 0 aromatic carbocycles. The monoisotopic (exact) mass is 197 g/mol. The van der Waals surface area contributed by atoms with E-state index in [1.807, 2.05) is 0 Å². The zero-order valence-electron chi connectivity index (χ0n) is 8.99.